The Bertz CT molecular complexity index is 293. The van der Waals surface area contributed by atoms with Crippen LogP contribution in [0, 0.1) is 5.92 Å². The standard InChI is InChI=1S/C15H29N3O/c1-12-9-17-6-3-2-4-14(17)10-18(12)15(8-16)13-5-7-19-11-13/h12-15H,2-11,16H2,1H3. The van der Waals surface area contributed by atoms with Gasteiger partial charge in [0, 0.05) is 50.3 Å². The van der Waals surface area contributed by atoms with E-state index in [4.69, 9.17) is 10.5 Å². The van der Waals surface area contributed by atoms with E-state index >= 15 is 0 Å². The van der Waals surface area contributed by atoms with Gasteiger partial charge in [-0.05, 0) is 32.7 Å². The van der Waals surface area contributed by atoms with Gasteiger partial charge in [-0.2, -0.15) is 0 Å². The van der Waals surface area contributed by atoms with Crippen molar-refractivity contribution in [2.24, 2.45) is 11.7 Å². The van der Waals surface area contributed by atoms with E-state index in [1.54, 1.807) is 0 Å². The molecule has 0 spiro atoms. The average Bonchev–Trinajstić information content (AvgIpc) is 2.94. The lowest BCUT2D eigenvalue weighted by Crippen LogP contribution is -2.63. The van der Waals surface area contributed by atoms with Crippen LogP contribution in [0.4, 0.5) is 0 Å². The third-order valence-corrected chi connectivity index (χ3v) is 5.41. The number of hydrogen-bond donors (Lipinski definition) is 1. The number of hydrogen-bond acceptors (Lipinski definition) is 4. The van der Waals surface area contributed by atoms with E-state index in [0.29, 0.717) is 18.0 Å². The quantitative estimate of drug-likeness (QED) is 0.825. The molecule has 4 unspecified atom stereocenters. The third-order valence-electron chi connectivity index (χ3n) is 5.41. The monoisotopic (exact) mass is 267 g/mol. The van der Waals surface area contributed by atoms with Crippen molar-refractivity contribution in [3.63, 3.8) is 0 Å². The van der Waals surface area contributed by atoms with Crippen molar-refractivity contribution in [3.8, 4) is 0 Å². The maximum atomic E-state index is 6.10. The van der Waals surface area contributed by atoms with Crippen molar-refractivity contribution in [1.82, 2.24) is 9.80 Å². The Morgan fingerprint density at radius 3 is 2.89 bits per heavy atom. The summed E-state index contributed by atoms with van der Waals surface area (Å²) >= 11 is 0. The summed E-state index contributed by atoms with van der Waals surface area (Å²) in [5.74, 6) is 0.655. The van der Waals surface area contributed by atoms with E-state index in [-0.39, 0.29) is 0 Å². The molecule has 3 aliphatic heterocycles. The fraction of sp³-hybridized carbons (Fsp3) is 1.00. The van der Waals surface area contributed by atoms with Crippen molar-refractivity contribution in [2.45, 2.75) is 50.7 Å². The van der Waals surface area contributed by atoms with Crippen LogP contribution >= 0.6 is 0 Å². The molecule has 0 amide bonds. The first-order chi connectivity index (χ1) is 9.29. The summed E-state index contributed by atoms with van der Waals surface area (Å²) in [6, 6.07) is 1.95. The van der Waals surface area contributed by atoms with Crippen LogP contribution in [0.25, 0.3) is 0 Å². The molecular weight excluding hydrogens is 238 g/mol. The minimum absolute atomic E-state index is 0.529. The molecule has 19 heavy (non-hydrogen) atoms. The minimum Gasteiger partial charge on any atom is -0.381 e. The highest BCUT2D eigenvalue weighted by atomic mass is 16.5. The minimum atomic E-state index is 0.529. The molecule has 4 atom stereocenters. The second-order valence-corrected chi connectivity index (χ2v) is 6.62. The molecule has 110 valence electrons. The fourth-order valence-corrected chi connectivity index (χ4v) is 4.29. The molecular formula is C15H29N3O. The van der Waals surface area contributed by atoms with Crippen LogP contribution in [0.15, 0.2) is 0 Å². The Labute approximate surface area is 117 Å². The normalized spacial score (nSPS) is 39.2. The van der Waals surface area contributed by atoms with E-state index in [1.807, 2.05) is 0 Å². The third kappa shape index (κ3) is 2.82. The van der Waals surface area contributed by atoms with Crippen LogP contribution in [-0.2, 0) is 4.74 Å². The topological polar surface area (TPSA) is 41.7 Å². The van der Waals surface area contributed by atoms with Gasteiger partial charge in [-0.1, -0.05) is 6.42 Å². The first-order valence-corrected chi connectivity index (χ1v) is 8.07. The molecule has 0 aromatic rings. The Morgan fingerprint density at radius 1 is 1.26 bits per heavy atom. The second kappa shape index (κ2) is 6.08. The van der Waals surface area contributed by atoms with E-state index in [0.717, 1.165) is 25.8 Å². The number of nitrogens with zero attached hydrogens (tertiary/aromatic N) is 2. The van der Waals surface area contributed by atoms with Crippen molar-refractivity contribution in [2.75, 3.05) is 39.4 Å². The van der Waals surface area contributed by atoms with Crippen molar-refractivity contribution in [1.29, 1.82) is 0 Å². The Balaban J connectivity index is 1.67. The van der Waals surface area contributed by atoms with E-state index in [9.17, 15) is 0 Å². The SMILES string of the molecule is CC1CN2CCCCC2CN1C(CN)C1CCOC1. The lowest BCUT2D eigenvalue weighted by molar-refractivity contribution is -0.0205. The number of rotatable bonds is 3. The molecule has 4 nitrogen and oxygen atoms in total. The van der Waals surface area contributed by atoms with Gasteiger partial charge < -0.3 is 10.5 Å². The molecule has 2 N–H and O–H groups in total. The summed E-state index contributed by atoms with van der Waals surface area (Å²) in [5, 5.41) is 0. The Morgan fingerprint density at radius 2 is 2.16 bits per heavy atom. The van der Waals surface area contributed by atoms with Crippen molar-refractivity contribution in [3.05, 3.63) is 0 Å². The van der Waals surface area contributed by atoms with Gasteiger partial charge >= 0.3 is 0 Å². The molecule has 3 aliphatic rings. The molecule has 3 rings (SSSR count). The van der Waals surface area contributed by atoms with Crippen molar-refractivity contribution < 1.29 is 4.74 Å². The van der Waals surface area contributed by atoms with Crippen LogP contribution in [0.1, 0.15) is 32.6 Å². The fourth-order valence-electron chi connectivity index (χ4n) is 4.29. The highest BCUT2D eigenvalue weighted by Gasteiger charge is 2.39. The Kier molecular flexibility index (Phi) is 4.42. The average molecular weight is 267 g/mol. The number of piperazine rings is 1. The molecule has 0 aromatic heterocycles. The molecule has 3 heterocycles. The van der Waals surface area contributed by atoms with Gasteiger partial charge in [-0.25, -0.2) is 0 Å². The van der Waals surface area contributed by atoms with E-state index < -0.39 is 0 Å². The maximum Gasteiger partial charge on any atom is 0.0510 e. The predicted octanol–water partition coefficient (Wildman–Crippen LogP) is 0.909. The highest BCUT2D eigenvalue weighted by molar-refractivity contribution is 4.94. The summed E-state index contributed by atoms with van der Waals surface area (Å²) in [6.45, 7) is 8.77. The molecule has 0 saturated carbocycles. The van der Waals surface area contributed by atoms with Crippen LogP contribution in [0.5, 0.6) is 0 Å². The molecule has 4 heteroatoms. The molecule has 3 saturated heterocycles. The van der Waals surface area contributed by atoms with Crippen molar-refractivity contribution >= 4 is 0 Å². The van der Waals surface area contributed by atoms with Crippen LogP contribution in [0.3, 0.4) is 0 Å². The lowest BCUT2D eigenvalue weighted by atomic mass is 9.91. The number of nitrogens with two attached hydrogens (primary N) is 1. The molecule has 0 aromatic carbocycles. The lowest BCUT2D eigenvalue weighted by Gasteiger charge is -2.51. The zero-order chi connectivity index (χ0) is 13.2. The second-order valence-electron chi connectivity index (χ2n) is 6.62. The predicted molar refractivity (Wildman–Crippen MR) is 77.1 cm³/mol. The van der Waals surface area contributed by atoms with Gasteiger partial charge in [-0.3, -0.25) is 9.80 Å². The van der Waals surface area contributed by atoms with Gasteiger partial charge in [0.15, 0.2) is 0 Å². The summed E-state index contributed by atoms with van der Waals surface area (Å²) in [7, 11) is 0. The van der Waals surface area contributed by atoms with Gasteiger partial charge in [0.1, 0.15) is 0 Å². The largest absolute Gasteiger partial charge is 0.381 e. The van der Waals surface area contributed by atoms with Crippen LogP contribution in [-0.4, -0.2) is 67.3 Å². The van der Waals surface area contributed by atoms with Gasteiger partial charge in [-0.15, -0.1) is 0 Å². The highest BCUT2D eigenvalue weighted by Crippen LogP contribution is 2.29. The smallest absolute Gasteiger partial charge is 0.0510 e. The van der Waals surface area contributed by atoms with Gasteiger partial charge in [0.05, 0.1) is 6.61 Å². The van der Waals surface area contributed by atoms with Crippen LogP contribution < -0.4 is 5.73 Å². The first-order valence-electron chi connectivity index (χ1n) is 8.07. The summed E-state index contributed by atoms with van der Waals surface area (Å²) in [4.78, 5) is 5.41. The van der Waals surface area contributed by atoms with Gasteiger partial charge in [0.2, 0.25) is 0 Å². The molecule has 3 fully saturated rings. The Hall–Kier alpha value is -0.160. The first kappa shape index (κ1) is 13.8. The summed E-state index contributed by atoms with van der Waals surface area (Å²) in [6.07, 6.45) is 5.37. The summed E-state index contributed by atoms with van der Waals surface area (Å²) < 4.78 is 5.58. The zero-order valence-electron chi connectivity index (χ0n) is 12.3. The van der Waals surface area contributed by atoms with E-state index in [2.05, 4.69) is 16.7 Å². The molecule has 0 bridgehead atoms. The molecule has 0 aliphatic carbocycles. The number of piperidine rings is 1. The number of fused-ring (bicyclic) bond motifs is 1. The molecule has 0 radical (unpaired) electrons. The van der Waals surface area contributed by atoms with Gasteiger partial charge in [0.25, 0.3) is 0 Å². The van der Waals surface area contributed by atoms with E-state index in [1.165, 1.54) is 45.3 Å². The number of ether oxygens (including phenoxy) is 1. The maximum absolute atomic E-state index is 6.10. The zero-order valence-corrected chi connectivity index (χ0v) is 12.3. The summed E-state index contributed by atoms with van der Waals surface area (Å²) in [5.41, 5.74) is 6.10. The van der Waals surface area contributed by atoms with Crippen LogP contribution in [0.2, 0.25) is 0 Å².